The number of hydrogen-bond acceptors (Lipinski definition) is 3. The number of nitrogens with zero attached hydrogens (tertiary/aromatic N) is 1. The summed E-state index contributed by atoms with van der Waals surface area (Å²) in [5, 5.41) is 3.26. The van der Waals surface area contributed by atoms with E-state index in [2.05, 4.69) is 17.1 Å². The maximum atomic E-state index is 11.4. The van der Waals surface area contributed by atoms with Gasteiger partial charge in [0.1, 0.15) is 0 Å². The van der Waals surface area contributed by atoms with Gasteiger partial charge < -0.3 is 16.0 Å². The van der Waals surface area contributed by atoms with E-state index in [1.807, 2.05) is 18.2 Å². The van der Waals surface area contributed by atoms with Gasteiger partial charge in [0.05, 0.1) is 11.6 Å². The first kappa shape index (κ1) is 11.9. The van der Waals surface area contributed by atoms with Crippen molar-refractivity contribution in [1.29, 1.82) is 0 Å². The second-order valence-electron chi connectivity index (χ2n) is 4.39. The monoisotopic (exact) mass is 233 g/mol. The van der Waals surface area contributed by atoms with Crippen LogP contribution in [0.15, 0.2) is 24.3 Å². The van der Waals surface area contributed by atoms with E-state index < -0.39 is 0 Å². The molecule has 4 nitrogen and oxygen atoms in total. The third-order valence-corrected chi connectivity index (χ3v) is 3.14. The molecule has 0 bridgehead atoms. The minimum atomic E-state index is -0.353. The van der Waals surface area contributed by atoms with Gasteiger partial charge >= 0.3 is 0 Å². The highest BCUT2D eigenvalue weighted by molar-refractivity contribution is 5.98. The number of rotatable bonds is 5. The fraction of sp³-hybridized carbons (Fsp3) is 0.462. The summed E-state index contributed by atoms with van der Waals surface area (Å²) in [5.41, 5.74) is 7.01. The molecule has 1 aromatic carbocycles. The zero-order valence-electron chi connectivity index (χ0n) is 10.1. The maximum Gasteiger partial charge on any atom is 0.250 e. The molecule has 2 rings (SSSR count). The summed E-state index contributed by atoms with van der Waals surface area (Å²) in [5.74, 6) is -0.353. The Bertz CT molecular complexity index is 401. The van der Waals surface area contributed by atoms with Gasteiger partial charge in [-0.1, -0.05) is 19.1 Å². The first-order valence-corrected chi connectivity index (χ1v) is 6.10. The van der Waals surface area contributed by atoms with Crippen LogP contribution in [-0.4, -0.2) is 31.6 Å². The number of carbonyl (C=O) groups excluding carboxylic acids is 1. The van der Waals surface area contributed by atoms with E-state index in [4.69, 9.17) is 5.73 Å². The van der Waals surface area contributed by atoms with Crippen LogP contribution in [0.1, 0.15) is 23.7 Å². The summed E-state index contributed by atoms with van der Waals surface area (Å²) in [4.78, 5) is 13.7. The number of nitrogens with two attached hydrogens (primary N) is 1. The number of carbonyl (C=O) groups is 1. The lowest BCUT2D eigenvalue weighted by molar-refractivity contribution is 0.100. The van der Waals surface area contributed by atoms with Crippen molar-refractivity contribution >= 4 is 11.6 Å². The molecular weight excluding hydrogens is 214 g/mol. The molecule has 0 spiro atoms. The van der Waals surface area contributed by atoms with Crippen molar-refractivity contribution in [2.75, 3.05) is 24.5 Å². The molecule has 17 heavy (non-hydrogen) atoms. The van der Waals surface area contributed by atoms with E-state index in [0.29, 0.717) is 11.6 Å². The zero-order valence-corrected chi connectivity index (χ0v) is 10.1. The van der Waals surface area contributed by atoms with Crippen LogP contribution in [0.3, 0.4) is 0 Å². The van der Waals surface area contributed by atoms with Crippen LogP contribution < -0.4 is 16.0 Å². The van der Waals surface area contributed by atoms with Crippen LogP contribution in [0.4, 0.5) is 5.69 Å². The predicted octanol–water partition coefficient (Wildman–Crippen LogP) is 0.974. The van der Waals surface area contributed by atoms with Crippen molar-refractivity contribution in [1.82, 2.24) is 5.32 Å². The molecule has 0 aromatic heterocycles. The molecule has 0 radical (unpaired) electrons. The predicted molar refractivity (Wildman–Crippen MR) is 69.3 cm³/mol. The largest absolute Gasteiger partial charge is 0.366 e. The lowest BCUT2D eigenvalue weighted by Gasteiger charge is -2.40. The van der Waals surface area contributed by atoms with Crippen molar-refractivity contribution in [2.45, 2.75) is 19.4 Å². The van der Waals surface area contributed by atoms with E-state index in [-0.39, 0.29) is 5.91 Å². The molecular formula is C13H19N3O. The normalized spacial score (nSPS) is 15.4. The Hall–Kier alpha value is -1.55. The maximum absolute atomic E-state index is 11.4. The van der Waals surface area contributed by atoms with Gasteiger partial charge in [0.2, 0.25) is 0 Å². The minimum absolute atomic E-state index is 0.353. The van der Waals surface area contributed by atoms with E-state index in [1.54, 1.807) is 6.07 Å². The van der Waals surface area contributed by atoms with Crippen LogP contribution in [0, 0.1) is 0 Å². The highest BCUT2D eigenvalue weighted by Crippen LogP contribution is 2.23. The molecule has 0 unspecified atom stereocenters. The SMILES string of the molecule is CCCN(c1ccccc1C(N)=O)C1CNC1. The van der Waals surface area contributed by atoms with Crippen LogP contribution in [0.5, 0.6) is 0 Å². The molecule has 92 valence electrons. The molecule has 1 saturated heterocycles. The standard InChI is InChI=1S/C13H19N3O/c1-2-7-16(10-8-15-9-10)12-6-4-3-5-11(12)13(14)17/h3-6,10,15H,2,7-9H2,1H3,(H2,14,17). The van der Waals surface area contributed by atoms with Crippen LogP contribution >= 0.6 is 0 Å². The number of amides is 1. The van der Waals surface area contributed by atoms with Crippen molar-refractivity contribution in [2.24, 2.45) is 5.73 Å². The molecule has 1 amide bonds. The molecule has 1 aliphatic heterocycles. The number of nitrogens with one attached hydrogen (secondary N) is 1. The molecule has 1 aliphatic rings. The van der Waals surface area contributed by atoms with Gasteiger partial charge in [0.15, 0.2) is 0 Å². The molecule has 1 fully saturated rings. The van der Waals surface area contributed by atoms with Crippen LogP contribution in [0.25, 0.3) is 0 Å². The first-order valence-electron chi connectivity index (χ1n) is 6.10. The van der Waals surface area contributed by atoms with E-state index in [9.17, 15) is 4.79 Å². The Balaban J connectivity index is 2.30. The van der Waals surface area contributed by atoms with Gasteiger partial charge in [-0.2, -0.15) is 0 Å². The Morgan fingerprint density at radius 3 is 2.71 bits per heavy atom. The second kappa shape index (κ2) is 5.19. The highest BCUT2D eigenvalue weighted by Gasteiger charge is 2.26. The summed E-state index contributed by atoms with van der Waals surface area (Å²) in [6.45, 7) is 5.06. The van der Waals surface area contributed by atoms with Gasteiger partial charge in [-0.3, -0.25) is 4.79 Å². The molecule has 3 N–H and O–H groups in total. The highest BCUT2D eigenvalue weighted by atomic mass is 16.1. The van der Waals surface area contributed by atoms with Crippen molar-refractivity contribution in [3.63, 3.8) is 0 Å². The smallest absolute Gasteiger partial charge is 0.250 e. The summed E-state index contributed by atoms with van der Waals surface area (Å²) >= 11 is 0. The fourth-order valence-electron chi connectivity index (χ4n) is 2.17. The van der Waals surface area contributed by atoms with E-state index in [0.717, 1.165) is 31.7 Å². The average Bonchev–Trinajstić information content (AvgIpc) is 2.26. The molecule has 0 atom stereocenters. The Morgan fingerprint density at radius 1 is 1.47 bits per heavy atom. The molecule has 1 aromatic rings. The quantitative estimate of drug-likeness (QED) is 0.797. The van der Waals surface area contributed by atoms with Crippen molar-refractivity contribution in [3.8, 4) is 0 Å². The molecule has 0 saturated carbocycles. The van der Waals surface area contributed by atoms with Gasteiger partial charge in [0.25, 0.3) is 5.91 Å². The lowest BCUT2D eigenvalue weighted by Crippen LogP contribution is -2.58. The van der Waals surface area contributed by atoms with Gasteiger partial charge in [-0.15, -0.1) is 0 Å². The molecule has 0 aliphatic carbocycles. The second-order valence-corrected chi connectivity index (χ2v) is 4.39. The van der Waals surface area contributed by atoms with E-state index in [1.165, 1.54) is 0 Å². The van der Waals surface area contributed by atoms with Gasteiger partial charge in [0, 0.05) is 25.3 Å². The number of anilines is 1. The lowest BCUT2D eigenvalue weighted by atomic mass is 10.1. The Morgan fingerprint density at radius 2 is 2.18 bits per heavy atom. The number of hydrogen-bond donors (Lipinski definition) is 2. The molecule has 4 heteroatoms. The summed E-state index contributed by atoms with van der Waals surface area (Å²) in [6.07, 6.45) is 1.06. The fourth-order valence-corrected chi connectivity index (χ4v) is 2.17. The third-order valence-electron chi connectivity index (χ3n) is 3.14. The number of benzene rings is 1. The summed E-state index contributed by atoms with van der Waals surface area (Å²) in [7, 11) is 0. The number of para-hydroxylation sites is 1. The summed E-state index contributed by atoms with van der Waals surface area (Å²) in [6, 6.07) is 8.07. The summed E-state index contributed by atoms with van der Waals surface area (Å²) < 4.78 is 0. The zero-order chi connectivity index (χ0) is 12.3. The van der Waals surface area contributed by atoms with Gasteiger partial charge in [-0.25, -0.2) is 0 Å². The third kappa shape index (κ3) is 2.42. The van der Waals surface area contributed by atoms with Crippen LogP contribution in [0.2, 0.25) is 0 Å². The average molecular weight is 233 g/mol. The first-order chi connectivity index (χ1) is 8.24. The van der Waals surface area contributed by atoms with Crippen molar-refractivity contribution < 1.29 is 4.79 Å². The number of primary amides is 1. The minimum Gasteiger partial charge on any atom is -0.366 e. The van der Waals surface area contributed by atoms with Crippen molar-refractivity contribution in [3.05, 3.63) is 29.8 Å². The van der Waals surface area contributed by atoms with E-state index >= 15 is 0 Å². The Labute approximate surface area is 102 Å². The van der Waals surface area contributed by atoms with Crippen LogP contribution in [-0.2, 0) is 0 Å². The Kier molecular flexibility index (Phi) is 3.64. The topological polar surface area (TPSA) is 58.4 Å². The molecule has 1 heterocycles. The van der Waals surface area contributed by atoms with Gasteiger partial charge in [-0.05, 0) is 18.6 Å².